The van der Waals surface area contributed by atoms with Crippen LogP contribution >= 0.6 is 24.2 Å². The lowest BCUT2D eigenvalue weighted by atomic mass is 10.1. The Balaban J connectivity index is 0.00000161. The minimum absolute atomic E-state index is 0. The highest BCUT2D eigenvalue weighted by molar-refractivity contribution is 8.00. The van der Waals surface area contributed by atoms with Gasteiger partial charge in [0.05, 0.1) is 5.75 Å². The average molecular weight is 327 g/mol. The van der Waals surface area contributed by atoms with Crippen molar-refractivity contribution >= 4 is 30.1 Å². The molecule has 2 aliphatic heterocycles. The molecule has 0 aliphatic carbocycles. The van der Waals surface area contributed by atoms with Gasteiger partial charge in [0, 0.05) is 23.5 Å². The molecule has 21 heavy (non-hydrogen) atoms. The van der Waals surface area contributed by atoms with Crippen molar-refractivity contribution in [2.75, 3.05) is 18.8 Å². The molecule has 3 nitrogen and oxygen atoms in total. The number of fused-ring (bicyclic) bond motifs is 2. The Labute approximate surface area is 137 Å². The summed E-state index contributed by atoms with van der Waals surface area (Å²) in [5, 5.41) is 3.45. The molecule has 2 bridgehead atoms. The summed E-state index contributed by atoms with van der Waals surface area (Å²) in [6, 6.07) is 9.19. The SMILES string of the molecule is Cc1ccccc1SCC(=O)N1C2CCNCC1CC2.Cl. The number of rotatable bonds is 3. The highest BCUT2D eigenvalue weighted by Crippen LogP contribution is 2.30. The van der Waals surface area contributed by atoms with Crippen molar-refractivity contribution in [2.24, 2.45) is 0 Å². The van der Waals surface area contributed by atoms with Gasteiger partial charge >= 0.3 is 0 Å². The molecule has 3 rings (SSSR count). The van der Waals surface area contributed by atoms with Crippen molar-refractivity contribution in [1.82, 2.24) is 10.2 Å². The Kier molecular flexibility index (Phi) is 5.97. The fourth-order valence-electron chi connectivity index (χ4n) is 3.32. The van der Waals surface area contributed by atoms with E-state index in [4.69, 9.17) is 0 Å². The first-order valence-corrected chi connectivity index (χ1v) is 8.44. The van der Waals surface area contributed by atoms with Gasteiger partial charge in [0.15, 0.2) is 0 Å². The molecule has 5 heteroatoms. The summed E-state index contributed by atoms with van der Waals surface area (Å²) < 4.78 is 0. The maximum absolute atomic E-state index is 12.6. The van der Waals surface area contributed by atoms with Crippen LogP contribution in [-0.4, -0.2) is 41.7 Å². The van der Waals surface area contributed by atoms with E-state index in [0.29, 0.717) is 23.7 Å². The van der Waals surface area contributed by atoms with Crippen LogP contribution in [0.15, 0.2) is 29.2 Å². The molecular formula is C16H23ClN2OS. The quantitative estimate of drug-likeness (QED) is 0.867. The van der Waals surface area contributed by atoms with E-state index in [2.05, 4.69) is 29.3 Å². The van der Waals surface area contributed by atoms with Gasteiger partial charge in [-0.2, -0.15) is 0 Å². The van der Waals surface area contributed by atoms with E-state index in [1.165, 1.54) is 23.3 Å². The van der Waals surface area contributed by atoms with E-state index in [0.717, 1.165) is 19.5 Å². The van der Waals surface area contributed by atoms with Crippen molar-refractivity contribution in [3.63, 3.8) is 0 Å². The van der Waals surface area contributed by atoms with Gasteiger partial charge in [0.1, 0.15) is 0 Å². The summed E-state index contributed by atoms with van der Waals surface area (Å²) >= 11 is 1.68. The zero-order valence-corrected chi connectivity index (χ0v) is 14.0. The van der Waals surface area contributed by atoms with E-state index in [9.17, 15) is 4.79 Å². The fourth-order valence-corrected chi connectivity index (χ4v) is 4.22. The molecule has 2 unspecified atom stereocenters. The number of halogens is 1. The average Bonchev–Trinajstić information content (AvgIpc) is 2.71. The van der Waals surface area contributed by atoms with Crippen LogP contribution < -0.4 is 5.32 Å². The first kappa shape index (κ1) is 16.7. The van der Waals surface area contributed by atoms with Crippen molar-refractivity contribution in [3.8, 4) is 0 Å². The van der Waals surface area contributed by atoms with Crippen LogP contribution in [-0.2, 0) is 4.79 Å². The lowest BCUT2D eigenvalue weighted by Gasteiger charge is -2.27. The Hall–Kier alpha value is -0.710. The van der Waals surface area contributed by atoms with Gasteiger partial charge in [0.25, 0.3) is 0 Å². The van der Waals surface area contributed by atoms with Crippen molar-refractivity contribution in [2.45, 2.75) is 43.2 Å². The van der Waals surface area contributed by atoms with E-state index in [1.54, 1.807) is 11.8 Å². The predicted molar refractivity (Wildman–Crippen MR) is 90.3 cm³/mol. The smallest absolute Gasteiger partial charge is 0.233 e. The maximum Gasteiger partial charge on any atom is 0.233 e. The summed E-state index contributed by atoms with van der Waals surface area (Å²) in [6.45, 7) is 4.12. The minimum atomic E-state index is 0. The van der Waals surface area contributed by atoms with Crippen LogP contribution in [0.4, 0.5) is 0 Å². The first-order chi connectivity index (χ1) is 9.75. The topological polar surface area (TPSA) is 32.3 Å². The van der Waals surface area contributed by atoms with Crippen LogP contribution in [0.25, 0.3) is 0 Å². The van der Waals surface area contributed by atoms with Crippen LogP contribution in [0.2, 0.25) is 0 Å². The number of nitrogens with one attached hydrogen (secondary N) is 1. The molecule has 1 aromatic carbocycles. The number of carbonyl (C=O) groups is 1. The number of carbonyl (C=O) groups excluding carboxylic acids is 1. The van der Waals surface area contributed by atoms with Crippen LogP contribution in [0.3, 0.4) is 0 Å². The Morgan fingerprint density at radius 3 is 2.86 bits per heavy atom. The molecule has 1 N–H and O–H groups in total. The fraction of sp³-hybridized carbons (Fsp3) is 0.562. The van der Waals surface area contributed by atoms with Gasteiger partial charge < -0.3 is 10.2 Å². The van der Waals surface area contributed by atoms with E-state index < -0.39 is 0 Å². The number of aryl methyl sites for hydroxylation is 1. The second-order valence-electron chi connectivity index (χ2n) is 5.73. The first-order valence-electron chi connectivity index (χ1n) is 7.46. The molecule has 1 amide bonds. The largest absolute Gasteiger partial charge is 0.335 e. The third kappa shape index (κ3) is 3.74. The predicted octanol–water partition coefficient (Wildman–Crippen LogP) is 2.86. The molecule has 0 radical (unpaired) electrons. The molecule has 1 aromatic rings. The maximum atomic E-state index is 12.6. The van der Waals surface area contributed by atoms with Gasteiger partial charge in [-0.1, -0.05) is 18.2 Å². The van der Waals surface area contributed by atoms with Gasteiger partial charge in [-0.15, -0.1) is 24.2 Å². The second kappa shape index (κ2) is 7.52. The zero-order chi connectivity index (χ0) is 13.9. The molecule has 2 saturated heterocycles. The normalized spacial score (nSPS) is 24.3. The Bertz CT molecular complexity index is 483. The van der Waals surface area contributed by atoms with Crippen molar-refractivity contribution in [1.29, 1.82) is 0 Å². The summed E-state index contributed by atoms with van der Waals surface area (Å²) in [7, 11) is 0. The molecule has 2 heterocycles. The van der Waals surface area contributed by atoms with Gasteiger partial charge in [0.2, 0.25) is 5.91 Å². The number of thioether (sulfide) groups is 1. The number of benzene rings is 1. The summed E-state index contributed by atoms with van der Waals surface area (Å²) in [6.07, 6.45) is 3.46. The van der Waals surface area contributed by atoms with Gasteiger partial charge in [-0.25, -0.2) is 0 Å². The number of nitrogens with zero attached hydrogens (tertiary/aromatic N) is 1. The minimum Gasteiger partial charge on any atom is -0.335 e. The summed E-state index contributed by atoms with van der Waals surface area (Å²) in [4.78, 5) is 16.0. The van der Waals surface area contributed by atoms with Crippen molar-refractivity contribution < 1.29 is 4.79 Å². The highest BCUT2D eigenvalue weighted by Gasteiger charge is 2.37. The lowest BCUT2D eigenvalue weighted by Crippen LogP contribution is -2.43. The van der Waals surface area contributed by atoms with E-state index in [1.807, 2.05) is 12.1 Å². The van der Waals surface area contributed by atoms with Crippen LogP contribution in [0.5, 0.6) is 0 Å². The van der Waals surface area contributed by atoms with E-state index >= 15 is 0 Å². The summed E-state index contributed by atoms with van der Waals surface area (Å²) in [5.41, 5.74) is 1.26. The van der Waals surface area contributed by atoms with E-state index in [-0.39, 0.29) is 12.4 Å². The molecule has 2 fully saturated rings. The zero-order valence-electron chi connectivity index (χ0n) is 12.4. The molecule has 2 atom stereocenters. The molecule has 116 valence electrons. The highest BCUT2D eigenvalue weighted by atomic mass is 35.5. The number of hydrogen-bond acceptors (Lipinski definition) is 3. The summed E-state index contributed by atoms with van der Waals surface area (Å²) in [5.74, 6) is 0.882. The standard InChI is InChI=1S/C16H22N2OS.ClH/c1-12-4-2-3-5-15(12)20-11-16(19)18-13-6-7-14(18)10-17-9-8-13;/h2-5,13-14,17H,6-11H2,1H3;1H. The van der Waals surface area contributed by atoms with Crippen molar-refractivity contribution in [3.05, 3.63) is 29.8 Å². The molecular weight excluding hydrogens is 304 g/mol. The monoisotopic (exact) mass is 326 g/mol. The third-order valence-electron chi connectivity index (χ3n) is 4.39. The molecule has 2 aliphatic rings. The van der Waals surface area contributed by atoms with Gasteiger partial charge in [-0.3, -0.25) is 4.79 Å². The third-order valence-corrected chi connectivity index (χ3v) is 5.55. The number of hydrogen-bond donors (Lipinski definition) is 1. The molecule has 0 saturated carbocycles. The molecule has 0 spiro atoms. The van der Waals surface area contributed by atoms with Crippen LogP contribution in [0, 0.1) is 6.92 Å². The van der Waals surface area contributed by atoms with Crippen LogP contribution in [0.1, 0.15) is 24.8 Å². The lowest BCUT2D eigenvalue weighted by molar-refractivity contribution is -0.130. The Morgan fingerprint density at radius 1 is 1.29 bits per heavy atom. The second-order valence-corrected chi connectivity index (χ2v) is 6.75. The molecule has 0 aromatic heterocycles. The number of amides is 1. The Morgan fingerprint density at radius 2 is 2.05 bits per heavy atom. The van der Waals surface area contributed by atoms with Gasteiger partial charge in [-0.05, 0) is 44.4 Å².